The molecule has 0 spiro atoms. The van der Waals surface area contributed by atoms with Gasteiger partial charge in [-0.1, -0.05) is 59.8 Å². The molecule has 0 heterocycles. The van der Waals surface area contributed by atoms with Crippen LogP contribution in [-0.2, 0) is 20.5 Å². The van der Waals surface area contributed by atoms with Crippen molar-refractivity contribution in [3.63, 3.8) is 0 Å². The summed E-state index contributed by atoms with van der Waals surface area (Å²) in [5.41, 5.74) is 6.98. The number of carbonyl (C=O) groups excluding carboxylic acids is 1. The summed E-state index contributed by atoms with van der Waals surface area (Å²) in [4.78, 5) is 31.3. The van der Waals surface area contributed by atoms with E-state index in [0.29, 0.717) is 12.3 Å². The van der Waals surface area contributed by atoms with E-state index in [2.05, 4.69) is 9.84 Å². The summed E-state index contributed by atoms with van der Waals surface area (Å²) in [6.45, 7) is -0.166. The van der Waals surface area contributed by atoms with Gasteiger partial charge in [-0.15, -0.1) is 0 Å². The van der Waals surface area contributed by atoms with Crippen LogP contribution in [0.2, 0.25) is 5.02 Å². The Morgan fingerprint density at radius 1 is 1.06 bits per heavy atom. The smallest absolute Gasteiger partial charge is 0.469 e. The Balaban J connectivity index is 1.58. The Morgan fingerprint density at radius 3 is 2.48 bits per heavy atom. The highest BCUT2D eigenvalue weighted by molar-refractivity contribution is 7.99. The Labute approximate surface area is 200 Å². The molecule has 3 rings (SSSR count). The Bertz CT molecular complexity index is 1140. The molecular weight excluding hydrogens is 487 g/mol. The highest BCUT2D eigenvalue weighted by atomic mass is 35.5. The molecule has 33 heavy (non-hydrogen) atoms. The van der Waals surface area contributed by atoms with E-state index >= 15 is 0 Å². The van der Waals surface area contributed by atoms with E-state index in [0.717, 1.165) is 21.1 Å². The number of nitrogens with one attached hydrogen (secondary N) is 1. The predicted molar refractivity (Wildman–Crippen MR) is 127 cm³/mol. The third kappa shape index (κ3) is 8.49. The molecule has 0 aliphatic rings. The number of hydrogen-bond acceptors (Lipinski definition) is 6. The van der Waals surface area contributed by atoms with Gasteiger partial charge in [0.2, 0.25) is 5.91 Å². The lowest BCUT2D eigenvalue weighted by Crippen LogP contribution is -2.39. The van der Waals surface area contributed by atoms with Crippen LogP contribution in [0.4, 0.5) is 5.69 Å². The highest BCUT2D eigenvalue weighted by Gasteiger charge is 2.21. The lowest BCUT2D eigenvalue weighted by molar-refractivity contribution is -0.118. The van der Waals surface area contributed by atoms with Gasteiger partial charge < -0.3 is 25.6 Å². The molecule has 0 aliphatic carbocycles. The first-order valence-corrected chi connectivity index (χ1v) is 12.4. The first kappa shape index (κ1) is 25.3. The maximum Gasteiger partial charge on any atom is 0.469 e. The summed E-state index contributed by atoms with van der Waals surface area (Å²) >= 11 is 7.77. The van der Waals surface area contributed by atoms with E-state index in [9.17, 15) is 9.36 Å². The maximum absolute atomic E-state index is 12.1. The molecular formula is C22H22ClN2O6PS. The fourth-order valence-corrected chi connectivity index (χ4v) is 4.20. The molecule has 0 unspecified atom stereocenters. The van der Waals surface area contributed by atoms with E-state index in [4.69, 9.17) is 31.9 Å². The lowest BCUT2D eigenvalue weighted by Gasteiger charge is -2.14. The van der Waals surface area contributed by atoms with Crippen LogP contribution in [0.15, 0.2) is 82.6 Å². The van der Waals surface area contributed by atoms with Gasteiger partial charge in [-0.05, 0) is 42.0 Å². The van der Waals surface area contributed by atoms with Crippen LogP contribution in [0.25, 0.3) is 0 Å². The molecule has 174 valence electrons. The van der Waals surface area contributed by atoms with Crippen LogP contribution in [0.3, 0.4) is 0 Å². The zero-order valence-corrected chi connectivity index (χ0v) is 19.7. The van der Waals surface area contributed by atoms with E-state index < -0.39 is 26.4 Å². The number of nitrogens with two attached hydrogens (primary N) is 1. The Hall–Kier alpha value is -2.36. The van der Waals surface area contributed by atoms with Crippen molar-refractivity contribution < 1.29 is 28.4 Å². The van der Waals surface area contributed by atoms with Gasteiger partial charge in [-0.3, -0.25) is 9.32 Å². The van der Waals surface area contributed by atoms with Gasteiger partial charge in [0, 0.05) is 9.79 Å². The summed E-state index contributed by atoms with van der Waals surface area (Å²) in [5.74, 6) is 0.0550. The fourth-order valence-electron chi connectivity index (χ4n) is 2.64. The molecule has 0 saturated heterocycles. The molecule has 11 heteroatoms. The van der Waals surface area contributed by atoms with Gasteiger partial charge >= 0.3 is 7.82 Å². The summed E-state index contributed by atoms with van der Waals surface area (Å²) in [7, 11) is -4.71. The van der Waals surface area contributed by atoms with Crippen LogP contribution in [-0.4, -0.2) is 28.3 Å². The standard InChI is InChI=1S/C22H22ClN2O6PS/c23-19-12-18(9-10-21(19)25-22(26)20(24)14-31-32(27,28)29)33-17-8-4-7-16(11-17)30-13-15-5-2-1-3-6-15/h1-12,20H,13-14,24H2,(H,25,26)(H2,27,28,29)/t20-/m0/s1. The largest absolute Gasteiger partial charge is 0.489 e. The molecule has 3 aromatic carbocycles. The van der Waals surface area contributed by atoms with Gasteiger partial charge in [0.1, 0.15) is 18.4 Å². The monoisotopic (exact) mass is 508 g/mol. The van der Waals surface area contributed by atoms with Crippen molar-refractivity contribution in [3.8, 4) is 5.75 Å². The summed E-state index contributed by atoms with van der Waals surface area (Å²) < 4.78 is 20.8. The number of benzene rings is 3. The lowest BCUT2D eigenvalue weighted by atomic mass is 10.2. The molecule has 1 amide bonds. The molecule has 0 saturated carbocycles. The highest BCUT2D eigenvalue weighted by Crippen LogP contribution is 2.36. The first-order chi connectivity index (χ1) is 15.7. The maximum atomic E-state index is 12.1. The number of halogens is 1. The molecule has 8 nitrogen and oxygen atoms in total. The van der Waals surface area contributed by atoms with Crippen LogP contribution < -0.4 is 15.8 Å². The van der Waals surface area contributed by atoms with Crippen LogP contribution in [0, 0.1) is 0 Å². The molecule has 0 radical (unpaired) electrons. The third-order valence-electron chi connectivity index (χ3n) is 4.25. The minimum absolute atomic E-state index is 0.285. The topological polar surface area (TPSA) is 131 Å². The molecule has 3 aromatic rings. The van der Waals surface area contributed by atoms with Crippen molar-refractivity contribution in [1.29, 1.82) is 0 Å². The number of rotatable bonds is 10. The Kier molecular flexibility index (Phi) is 8.94. The quantitative estimate of drug-likeness (QED) is 0.295. The fraction of sp³-hybridized carbons (Fsp3) is 0.136. The molecule has 0 aromatic heterocycles. The number of ether oxygens (including phenoxy) is 1. The van der Waals surface area contributed by atoms with E-state index in [1.54, 1.807) is 18.2 Å². The van der Waals surface area contributed by atoms with Gasteiger partial charge in [0.25, 0.3) is 0 Å². The SMILES string of the molecule is N[C@@H](COP(=O)(O)O)C(=O)Nc1ccc(Sc2cccc(OCc3ccccc3)c2)cc1Cl. The normalized spacial score (nSPS) is 12.2. The second-order valence-electron chi connectivity index (χ2n) is 6.87. The first-order valence-electron chi connectivity index (χ1n) is 9.70. The van der Waals surface area contributed by atoms with Crippen molar-refractivity contribution in [2.45, 2.75) is 22.4 Å². The second kappa shape index (κ2) is 11.7. The third-order valence-corrected chi connectivity index (χ3v) is 6.02. The van der Waals surface area contributed by atoms with Crippen molar-refractivity contribution >= 4 is 42.8 Å². The molecule has 0 fully saturated rings. The minimum Gasteiger partial charge on any atom is -0.489 e. The van der Waals surface area contributed by atoms with Gasteiger partial charge in [0.05, 0.1) is 17.3 Å². The average Bonchev–Trinajstić information content (AvgIpc) is 2.78. The zero-order valence-electron chi connectivity index (χ0n) is 17.3. The average molecular weight is 509 g/mol. The van der Waals surface area contributed by atoms with E-state index in [-0.39, 0.29) is 5.02 Å². The zero-order chi connectivity index (χ0) is 23.8. The van der Waals surface area contributed by atoms with Gasteiger partial charge in [-0.2, -0.15) is 0 Å². The summed E-state index contributed by atoms with van der Waals surface area (Å²) in [6.07, 6.45) is 0. The molecule has 5 N–H and O–H groups in total. The number of amides is 1. The number of phosphoric ester groups is 1. The Morgan fingerprint density at radius 2 is 1.79 bits per heavy atom. The van der Waals surface area contributed by atoms with Crippen molar-refractivity contribution in [3.05, 3.63) is 83.4 Å². The second-order valence-corrected chi connectivity index (χ2v) is 9.67. The molecule has 0 aliphatic heterocycles. The number of carbonyl (C=O) groups is 1. The van der Waals surface area contributed by atoms with Gasteiger partial charge in [0.15, 0.2) is 0 Å². The van der Waals surface area contributed by atoms with Crippen molar-refractivity contribution in [1.82, 2.24) is 0 Å². The van der Waals surface area contributed by atoms with Gasteiger partial charge in [-0.25, -0.2) is 4.57 Å². The van der Waals surface area contributed by atoms with Crippen LogP contribution in [0.5, 0.6) is 5.75 Å². The van der Waals surface area contributed by atoms with Crippen LogP contribution >= 0.6 is 31.2 Å². The summed E-state index contributed by atoms with van der Waals surface area (Å²) in [6, 6.07) is 21.4. The minimum atomic E-state index is -4.71. The van der Waals surface area contributed by atoms with Crippen LogP contribution in [0.1, 0.15) is 5.56 Å². The number of hydrogen-bond donors (Lipinski definition) is 4. The number of phosphoric acid groups is 1. The molecule has 1 atom stereocenters. The molecule has 0 bridgehead atoms. The van der Waals surface area contributed by atoms with E-state index in [1.807, 2.05) is 54.6 Å². The number of anilines is 1. The van der Waals surface area contributed by atoms with Crippen molar-refractivity contribution in [2.75, 3.05) is 11.9 Å². The van der Waals surface area contributed by atoms with E-state index in [1.165, 1.54) is 11.8 Å². The predicted octanol–water partition coefficient (Wildman–Crippen LogP) is 4.45. The summed E-state index contributed by atoms with van der Waals surface area (Å²) in [5, 5.41) is 2.81. The van der Waals surface area contributed by atoms with Crippen molar-refractivity contribution in [2.24, 2.45) is 5.73 Å².